The van der Waals surface area contributed by atoms with Crippen LogP contribution in [0, 0.1) is 5.92 Å². The van der Waals surface area contributed by atoms with Gasteiger partial charge in [0.25, 0.3) is 0 Å². The lowest BCUT2D eigenvalue weighted by molar-refractivity contribution is -0.119. The van der Waals surface area contributed by atoms with Crippen LogP contribution in [0.25, 0.3) is 0 Å². The van der Waals surface area contributed by atoms with Crippen molar-refractivity contribution in [1.82, 2.24) is 0 Å². The summed E-state index contributed by atoms with van der Waals surface area (Å²) in [7, 11) is 0. The highest BCUT2D eigenvalue weighted by molar-refractivity contribution is 5.78. The number of ketones is 1. The van der Waals surface area contributed by atoms with Crippen LogP contribution in [0.5, 0.6) is 0 Å². The lowest BCUT2D eigenvalue weighted by Gasteiger charge is -2.08. The van der Waals surface area contributed by atoms with E-state index in [0.717, 1.165) is 64.2 Å². The lowest BCUT2D eigenvalue weighted by atomic mass is 9.98. The molecule has 178 valence electrons. The second-order valence-electron chi connectivity index (χ2n) is 9.65. The summed E-state index contributed by atoms with van der Waals surface area (Å²) in [5, 5.41) is 0. The van der Waals surface area contributed by atoms with Gasteiger partial charge in [0.2, 0.25) is 0 Å². The lowest BCUT2D eigenvalue weighted by Crippen LogP contribution is -1.97. The number of rotatable bonds is 22. The first kappa shape index (κ1) is 29.6. The highest BCUT2D eigenvalue weighted by atomic mass is 16.1. The molecule has 0 spiro atoms. The highest BCUT2D eigenvalue weighted by Gasteiger charge is 2.02. The van der Waals surface area contributed by atoms with Crippen molar-refractivity contribution in [3.63, 3.8) is 0 Å². The van der Waals surface area contributed by atoms with Crippen molar-refractivity contribution in [3.8, 4) is 0 Å². The molecule has 1 nitrogen and oxygen atoms in total. The molecule has 0 radical (unpaired) electrons. The van der Waals surface area contributed by atoms with E-state index in [1.165, 1.54) is 56.1 Å². The molecule has 0 amide bonds. The molecule has 0 aromatic carbocycles. The molecule has 1 heteroatoms. The molecule has 0 aromatic heterocycles. The molecule has 0 fully saturated rings. The van der Waals surface area contributed by atoms with Crippen molar-refractivity contribution in [3.05, 3.63) is 48.6 Å². The van der Waals surface area contributed by atoms with Gasteiger partial charge in [-0.15, -0.1) is 0 Å². The molecule has 0 atom stereocenters. The summed E-state index contributed by atoms with van der Waals surface area (Å²) in [6.07, 6.45) is 27.8. The average Bonchev–Trinajstić information content (AvgIpc) is 2.72. The van der Waals surface area contributed by atoms with Crippen LogP contribution >= 0.6 is 0 Å². The van der Waals surface area contributed by atoms with Gasteiger partial charge in [-0.1, -0.05) is 88.6 Å². The normalized spacial score (nSPS) is 11.7. The minimum atomic E-state index is 0.452. The number of unbranched alkanes of at least 4 members (excludes halogenated alkanes) is 7. The minimum Gasteiger partial charge on any atom is -0.300 e. The van der Waals surface area contributed by atoms with Gasteiger partial charge in [-0.2, -0.15) is 0 Å². The monoisotopic (exact) mass is 428 g/mol. The first-order valence-electron chi connectivity index (χ1n) is 13.1. The van der Waals surface area contributed by atoms with Gasteiger partial charge < -0.3 is 0 Å². The fourth-order valence-electron chi connectivity index (χ4n) is 3.81. The Morgan fingerprint density at radius 1 is 0.677 bits per heavy atom. The number of allylic oxidation sites excluding steroid dienone is 6. The quantitative estimate of drug-likeness (QED) is 0.0952. The van der Waals surface area contributed by atoms with Crippen LogP contribution in [-0.4, -0.2) is 5.78 Å². The van der Waals surface area contributed by atoms with Crippen LogP contribution in [0.1, 0.15) is 130 Å². The summed E-state index contributed by atoms with van der Waals surface area (Å²) in [4.78, 5) is 12.0. The molecule has 31 heavy (non-hydrogen) atoms. The van der Waals surface area contributed by atoms with Crippen molar-refractivity contribution in [2.24, 2.45) is 5.92 Å². The molecule has 0 unspecified atom stereocenters. The van der Waals surface area contributed by atoms with Crippen molar-refractivity contribution < 1.29 is 4.79 Å². The van der Waals surface area contributed by atoms with Crippen LogP contribution in [0.15, 0.2) is 48.6 Å². The number of hydrogen-bond donors (Lipinski definition) is 0. The van der Waals surface area contributed by atoms with E-state index in [0.29, 0.717) is 11.7 Å². The molecule has 0 aromatic rings. The molecule has 0 saturated carbocycles. The Hall–Kier alpha value is -1.37. The average molecular weight is 429 g/mol. The van der Waals surface area contributed by atoms with Gasteiger partial charge in [-0.25, -0.2) is 0 Å². The van der Waals surface area contributed by atoms with E-state index in [1.807, 2.05) is 0 Å². The summed E-state index contributed by atoms with van der Waals surface area (Å²) in [6.45, 7) is 15.1. The van der Waals surface area contributed by atoms with E-state index < -0.39 is 0 Å². The predicted molar refractivity (Wildman–Crippen MR) is 141 cm³/mol. The van der Waals surface area contributed by atoms with Gasteiger partial charge in [0, 0.05) is 12.8 Å². The molecule has 0 aliphatic carbocycles. The smallest absolute Gasteiger partial charge is 0.132 e. The van der Waals surface area contributed by atoms with Gasteiger partial charge in [-0.3, -0.25) is 4.79 Å². The Morgan fingerprint density at radius 2 is 1.19 bits per heavy atom. The fourth-order valence-corrected chi connectivity index (χ4v) is 3.81. The van der Waals surface area contributed by atoms with E-state index in [2.05, 4.69) is 58.2 Å². The molecule has 0 heterocycles. The molecule has 0 saturated heterocycles. The first-order valence-corrected chi connectivity index (χ1v) is 13.1. The Morgan fingerprint density at radius 3 is 1.81 bits per heavy atom. The van der Waals surface area contributed by atoms with E-state index in [1.54, 1.807) is 0 Å². The number of hydrogen-bond acceptors (Lipinski definition) is 1. The zero-order valence-electron chi connectivity index (χ0n) is 21.2. The van der Waals surface area contributed by atoms with Gasteiger partial charge in [0.05, 0.1) is 0 Å². The second-order valence-corrected chi connectivity index (χ2v) is 9.65. The van der Waals surface area contributed by atoms with Gasteiger partial charge in [0.15, 0.2) is 0 Å². The molecule has 0 N–H and O–H groups in total. The highest BCUT2D eigenvalue weighted by Crippen LogP contribution is 2.17. The van der Waals surface area contributed by atoms with Crippen LogP contribution in [0.3, 0.4) is 0 Å². The van der Waals surface area contributed by atoms with Crippen LogP contribution in [0.2, 0.25) is 0 Å². The zero-order chi connectivity index (χ0) is 23.2. The summed E-state index contributed by atoms with van der Waals surface area (Å²) in [5.41, 5.74) is 2.79. The van der Waals surface area contributed by atoms with Crippen molar-refractivity contribution in [2.75, 3.05) is 0 Å². The molecule has 0 bridgehead atoms. The van der Waals surface area contributed by atoms with Gasteiger partial charge in [0.1, 0.15) is 5.78 Å². The van der Waals surface area contributed by atoms with Crippen molar-refractivity contribution in [1.29, 1.82) is 0 Å². The van der Waals surface area contributed by atoms with E-state index in [9.17, 15) is 4.79 Å². The Balaban J connectivity index is 3.47. The van der Waals surface area contributed by atoms with Crippen molar-refractivity contribution >= 4 is 5.78 Å². The third-order valence-corrected chi connectivity index (χ3v) is 5.68. The zero-order valence-corrected chi connectivity index (χ0v) is 21.2. The summed E-state index contributed by atoms with van der Waals surface area (Å²) in [5.74, 6) is 1.17. The van der Waals surface area contributed by atoms with E-state index in [-0.39, 0.29) is 0 Å². The Kier molecular flexibility index (Phi) is 20.9. The second kappa shape index (κ2) is 21.8. The standard InChI is InChI=1S/C30H52O/c1-6-7-21-28(4)22-17-13-11-9-8-10-12-14-19-24-30(31)25-20-16-15-18-23-29(5)26-27(2)3/h8-11,27H,4-7,12-26H2,1-3H3/b10-8+,11-9+. The fraction of sp³-hybridized carbons (Fsp3) is 0.700. The third kappa shape index (κ3) is 23.1. The number of carbonyl (C=O) groups is 1. The summed E-state index contributed by atoms with van der Waals surface area (Å²) < 4.78 is 0. The topological polar surface area (TPSA) is 17.1 Å². The van der Waals surface area contributed by atoms with Crippen molar-refractivity contribution in [2.45, 2.75) is 130 Å². The molecular formula is C30H52O. The predicted octanol–water partition coefficient (Wildman–Crippen LogP) is 10.1. The Bertz CT molecular complexity index is 521. The van der Waals surface area contributed by atoms with Gasteiger partial charge in [-0.05, 0) is 83.0 Å². The molecule has 0 rings (SSSR count). The third-order valence-electron chi connectivity index (χ3n) is 5.68. The van der Waals surface area contributed by atoms with Crippen LogP contribution in [-0.2, 0) is 4.79 Å². The maximum absolute atomic E-state index is 12.0. The minimum absolute atomic E-state index is 0.452. The number of Topliss-reactive ketones (excluding diaryl/α,β-unsaturated/α-hetero) is 1. The summed E-state index contributed by atoms with van der Waals surface area (Å²) >= 11 is 0. The van der Waals surface area contributed by atoms with E-state index >= 15 is 0 Å². The Labute approximate surface area is 195 Å². The largest absolute Gasteiger partial charge is 0.300 e. The van der Waals surface area contributed by atoms with Crippen LogP contribution < -0.4 is 0 Å². The maximum atomic E-state index is 12.0. The van der Waals surface area contributed by atoms with Crippen LogP contribution in [0.4, 0.5) is 0 Å². The summed E-state index contributed by atoms with van der Waals surface area (Å²) in [6, 6.07) is 0. The molecular weight excluding hydrogens is 376 g/mol. The maximum Gasteiger partial charge on any atom is 0.132 e. The molecule has 0 aliphatic rings. The SMILES string of the molecule is C=C(CCCC)CCC/C=C/C=C/CCCCC(=O)CCCCCCC(=C)CC(C)C. The number of carbonyl (C=O) groups excluding carboxylic acids is 1. The van der Waals surface area contributed by atoms with Gasteiger partial charge >= 0.3 is 0 Å². The molecule has 0 aliphatic heterocycles. The first-order chi connectivity index (χ1) is 15.0. The van der Waals surface area contributed by atoms with E-state index in [4.69, 9.17) is 0 Å².